The summed E-state index contributed by atoms with van der Waals surface area (Å²) in [6.45, 7) is 9.05. The third kappa shape index (κ3) is 5.24. The van der Waals surface area contributed by atoms with E-state index in [9.17, 15) is 4.79 Å². The number of hydrogen-bond acceptors (Lipinski definition) is 3. The number of hydrogen-bond donors (Lipinski definition) is 2. The van der Waals surface area contributed by atoms with E-state index < -0.39 is 0 Å². The molecule has 1 aliphatic rings. The highest BCUT2D eigenvalue weighted by Gasteiger charge is 2.19. The average Bonchev–Trinajstić information content (AvgIpc) is 2.56. The fourth-order valence-electron chi connectivity index (χ4n) is 2.76. The summed E-state index contributed by atoms with van der Waals surface area (Å²) in [6, 6.07) is 3.65. The lowest BCUT2D eigenvalue weighted by Gasteiger charge is -2.36. The molecule has 1 fully saturated rings. The molecule has 0 aliphatic carbocycles. The predicted molar refractivity (Wildman–Crippen MR) is 101 cm³/mol. The van der Waals surface area contributed by atoms with E-state index in [1.807, 2.05) is 6.92 Å². The van der Waals surface area contributed by atoms with Crippen molar-refractivity contribution in [3.63, 3.8) is 0 Å². The summed E-state index contributed by atoms with van der Waals surface area (Å²) in [6.07, 6.45) is 0.921. The molecule has 2 N–H and O–H groups in total. The quantitative estimate of drug-likeness (QED) is 0.831. The molecule has 1 atom stereocenters. The molecule has 1 aromatic carbocycles. The fourth-order valence-corrected chi connectivity index (χ4v) is 3.18. The fraction of sp³-hybridized carbons (Fsp3) is 0.588. The Kier molecular flexibility index (Phi) is 7.16. The van der Waals surface area contributed by atoms with Crippen LogP contribution in [0.15, 0.2) is 12.1 Å². The van der Waals surface area contributed by atoms with Crippen molar-refractivity contribution in [3.05, 3.63) is 27.7 Å². The van der Waals surface area contributed by atoms with E-state index in [1.165, 1.54) is 0 Å². The summed E-state index contributed by atoms with van der Waals surface area (Å²) in [5.74, 6) is 0. The zero-order valence-corrected chi connectivity index (χ0v) is 16.0. The maximum absolute atomic E-state index is 12.0. The van der Waals surface area contributed by atoms with Crippen LogP contribution >= 0.6 is 23.2 Å². The van der Waals surface area contributed by atoms with Gasteiger partial charge in [-0.3, -0.25) is 4.90 Å². The molecule has 5 nitrogen and oxygen atoms in total. The van der Waals surface area contributed by atoms with Gasteiger partial charge in [-0.2, -0.15) is 0 Å². The zero-order valence-electron chi connectivity index (χ0n) is 14.5. The van der Waals surface area contributed by atoms with Gasteiger partial charge in [0, 0.05) is 43.8 Å². The van der Waals surface area contributed by atoms with Gasteiger partial charge in [-0.05, 0) is 45.0 Å². The average molecular weight is 373 g/mol. The maximum Gasteiger partial charge on any atom is 0.319 e. The van der Waals surface area contributed by atoms with Gasteiger partial charge in [-0.1, -0.05) is 23.2 Å². The first-order valence-electron chi connectivity index (χ1n) is 8.30. The molecule has 2 rings (SSSR count). The molecule has 0 spiro atoms. The van der Waals surface area contributed by atoms with Gasteiger partial charge < -0.3 is 15.5 Å². The lowest BCUT2D eigenvalue weighted by molar-refractivity contribution is 0.115. The first kappa shape index (κ1) is 19.3. The Morgan fingerprint density at radius 3 is 2.58 bits per heavy atom. The highest BCUT2D eigenvalue weighted by molar-refractivity contribution is 6.38. The first-order valence-corrected chi connectivity index (χ1v) is 9.06. The van der Waals surface area contributed by atoms with Crippen LogP contribution < -0.4 is 10.6 Å². The van der Waals surface area contributed by atoms with E-state index in [0.29, 0.717) is 28.3 Å². The second-order valence-electron chi connectivity index (χ2n) is 6.39. The van der Waals surface area contributed by atoms with Crippen molar-refractivity contribution in [3.8, 4) is 0 Å². The lowest BCUT2D eigenvalue weighted by atomic mass is 10.1. The largest absolute Gasteiger partial charge is 0.338 e. The normalized spacial score (nSPS) is 17.5. The first-order chi connectivity index (χ1) is 11.4. The Labute approximate surface area is 154 Å². The molecule has 2 amide bonds. The highest BCUT2D eigenvalue weighted by Crippen LogP contribution is 2.30. The molecule has 1 aromatic rings. The van der Waals surface area contributed by atoms with E-state index in [2.05, 4.69) is 34.4 Å². The predicted octanol–water partition coefficient (Wildman–Crippen LogP) is 3.45. The standard InChI is InChI=1S/C17H26Cl2N4O/c1-12(23-10-8-22(3)9-11-23)6-7-20-17(24)21-15-5-4-14(18)13(2)16(15)19/h4-5,12H,6-11H2,1-3H3,(H2,20,21,24)/t12-/m0/s1. The number of benzene rings is 1. The van der Waals surface area contributed by atoms with Gasteiger partial charge in [0.1, 0.15) is 0 Å². The number of halogens is 2. The van der Waals surface area contributed by atoms with Crippen molar-refractivity contribution in [2.24, 2.45) is 0 Å². The van der Waals surface area contributed by atoms with Crippen LogP contribution in [-0.4, -0.2) is 61.6 Å². The van der Waals surface area contributed by atoms with Gasteiger partial charge in [-0.25, -0.2) is 4.79 Å². The second kappa shape index (κ2) is 8.90. The summed E-state index contributed by atoms with van der Waals surface area (Å²) >= 11 is 12.2. The lowest BCUT2D eigenvalue weighted by Crippen LogP contribution is -2.48. The monoisotopic (exact) mass is 372 g/mol. The molecule has 0 aromatic heterocycles. The zero-order chi connectivity index (χ0) is 17.7. The van der Waals surface area contributed by atoms with Crippen molar-refractivity contribution >= 4 is 34.9 Å². The van der Waals surface area contributed by atoms with Crippen LogP contribution in [-0.2, 0) is 0 Å². The van der Waals surface area contributed by atoms with Crippen LogP contribution in [0.3, 0.4) is 0 Å². The minimum atomic E-state index is -0.246. The maximum atomic E-state index is 12.0. The third-order valence-corrected chi connectivity index (χ3v) is 5.47. The van der Waals surface area contributed by atoms with Crippen molar-refractivity contribution in [1.29, 1.82) is 0 Å². The molecule has 0 radical (unpaired) electrons. The van der Waals surface area contributed by atoms with Crippen LogP contribution in [0.25, 0.3) is 0 Å². The Morgan fingerprint density at radius 2 is 1.92 bits per heavy atom. The molecular formula is C17H26Cl2N4O. The number of likely N-dealkylation sites (N-methyl/N-ethyl adjacent to an activating group) is 1. The molecule has 7 heteroatoms. The van der Waals surface area contributed by atoms with E-state index in [1.54, 1.807) is 12.1 Å². The van der Waals surface area contributed by atoms with Crippen molar-refractivity contribution in [1.82, 2.24) is 15.1 Å². The van der Waals surface area contributed by atoms with Gasteiger partial charge in [0.05, 0.1) is 10.7 Å². The molecule has 1 heterocycles. The summed E-state index contributed by atoms with van der Waals surface area (Å²) < 4.78 is 0. The number of anilines is 1. The molecule has 1 aliphatic heterocycles. The number of urea groups is 1. The summed E-state index contributed by atoms with van der Waals surface area (Å²) in [4.78, 5) is 16.8. The number of nitrogens with one attached hydrogen (secondary N) is 2. The van der Waals surface area contributed by atoms with E-state index in [-0.39, 0.29) is 6.03 Å². The number of amides is 2. The van der Waals surface area contributed by atoms with Gasteiger partial charge in [-0.15, -0.1) is 0 Å². The van der Waals surface area contributed by atoms with E-state index in [0.717, 1.165) is 38.2 Å². The molecular weight excluding hydrogens is 347 g/mol. The van der Waals surface area contributed by atoms with Crippen LogP contribution in [0.5, 0.6) is 0 Å². The van der Waals surface area contributed by atoms with Crippen molar-refractivity contribution in [2.75, 3.05) is 45.1 Å². The smallest absolute Gasteiger partial charge is 0.319 e. The minimum absolute atomic E-state index is 0.246. The summed E-state index contributed by atoms with van der Waals surface area (Å²) in [7, 11) is 2.15. The Hall–Kier alpha value is -1.01. The Bertz CT molecular complexity index is 574. The molecule has 0 unspecified atom stereocenters. The van der Waals surface area contributed by atoms with Gasteiger partial charge in [0.15, 0.2) is 0 Å². The minimum Gasteiger partial charge on any atom is -0.338 e. The van der Waals surface area contributed by atoms with Crippen molar-refractivity contribution in [2.45, 2.75) is 26.3 Å². The SMILES string of the molecule is Cc1c(Cl)ccc(NC(=O)NCC[C@H](C)N2CCN(C)CC2)c1Cl. The van der Waals surface area contributed by atoms with Gasteiger partial charge >= 0.3 is 6.03 Å². The third-order valence-electron chi connectivity index (χ3n) is 4.58. The Balaban J connectivity index is 1.74. The highest BCUT2D eigenvalue weighted by atomic mass is 35.5. The van der Waals surface area contributed by atoms with Crippen LogP contribution in [0, 0.1) is 6.92 Å². The molecule has 1 saturated heterocycles. The van der Waals surface area contributed by atoms with Crippen LogP contribution in [0.2, 0.25) is 10.0 Å². The topological polar surface area (TPSA) is 47.6 Å². The molecule has 0 bridgehead atoms. The van der Waals surface area contributed by atoms with E-state index in [4.69, 9.17) is 23.2 Å². The summed E-state index contributed by atoms with van der Waals surface area (Å²) in [5.41, 5.74) is 1.34. The number of piperazine rings is 1. The second-order valence-corrected chi connectivity index (χ2v) is 7.18. The van der Waals surface area contributed by atoms with Crippen molar-refractivity contribution < 1.29 is 4.79 Å². The number of carbonyl (C=O) groups is 1. The van der Waals surface area contributed by atoms with Gasteiger partial charge in [0.25, 0.3) is 0 Å². The molecule has 0 saturated carbocycles. The van der Waals surface area contributed by atoms with E-state index >= 15 is 0 Å². The number of nitrogens with zero attached hydrogens (tertiary/aromatic N) is 2. The van der Waals surface area contributed by atoms with Crippen LogP contribution in [0.1, 0.15) is 18.9 Å². The summed E-state index contributed by atoms with van der Waals surface area (Å²) in [5, 5.41) is 6.73. The Morgan fingerprint density at radius 1 is 1.25 bits per heavy atom. The van der Waals surface area contributed by atoms with Gasteiger partial charge in [0.2, 0.25) is 0 Å². The number of rotatable bonds is 5. The van der Waals surface area contributed by atoms with Crippen LogP contribution in [0.4, 0.5) is 10.5 Å². The molecule has 24 heavy (non-hydrogen) atoms. The number of carbonyl (C=O) groups excluding carboxylic acids is 1. The molecule has 134 valence electrons.